The molecule has 0 aliphatic rings. The number of rotatable bonds is 6. The van der Waals surface area contributed by atoms with Crippen molar-refractivity contribution in [3.05, 3.63) is 59.8 Å². The van der Waals surface area contributed by atoms with Gasteiger partial charge in [-0.2, -0.15) is 0 Å². The average molecular weight is 410 g/mol. The third kappa shape index (κ3) is 3.76. The monoisotopic (exact) mass is 410 g/mol. The number of methoxy groups -OCH3 is 1. The van der Waals surface area contributed by atoms with Crippen LogP contribution in [-0.4, -0.2) is 41.6 Å². The van der Waals surface area contributed by atoms with E-state index in [0.717, 1.165) is 0 Å². The van der Waals surface area contributed by atoms with Crippen molar-refractivity contribution in [2.24, 2.45) is 0 Å². The second-order valence-electron chi connectivity index (χ2n) is 5.42. The number of aromatic carboxylic acids is 1. The summed E-state index contributed by atoms with van der Waals surface area (Å²) in [6.45, 7) is 0. The number of nitrogens with one attached hydrogen (secondary N) is 1. The number of nitrogens with zero attached hydrogens (tertiary/aromatic N) is 3. The Bertz CT molecular complexity index is 1150. The average Bonchev–Trinajstić information content (AvgIpc) is 3.13. The van der Waals surface area contributed by atoms with Gasteiger partial charge in [-0.15, -0.1) is 0 Å². The number of hydrogen-bond donors (Lipinski definition) is 2. The van der Waals surface area contributed by atoms with Crippen LogP contribution in [0, 0.1) is 11.6 Å². The summed E-state index contributed by atoms with van der Waals surface area (Å²) in [5.41, 5.74) is -1.14. The number of benzene rings is 2. The van der Waals surface area contributed by atoms with Crippen LogP contribution in [0.1, 0.15) is 10.4 Å². The molecule has 0 spiro atoms. The van der Waals surface area contributed by atoms with Crippen molar-refractivity contribution in [2.75, 3.05) is 11.8 Å². The highest BCUT2D eigenvalue weighted by atomic mass is 32.2. The number of hydrogen-bond acceptors (Lipinski definition) is 6. The van der Waals surface area contributed by atoms with Crippen LogP contribution in [0.5, 0.6) is 5.88 Å². The number of carboxylic acid groups (broad SMARTS) is 1. The zero-order valence-electron chi connectivity index (χ0n) is 14.1. The maximum absolute atomic E-state index is 14.0. The first-order chi connectivity index (χ1) is 13.2. The molecule has 1 heterocycles. The summed E-state index contributed by atoms with van der Waals surface area (Å²) in [7, 11) is -2.84. The molecule has 0 saturated heterocycles. The SMILES string of the molecule is COc1cn(-c2ccc(S(=O)(=O)Nc3cc(F)c(C(=O)O)cc3F)cc2)nn1. The van der Waals surface area contributed by atoms with Gasteiger partial charge in [0.2, 0.25) is 0 Å². The van der Waals surface area contributed by atoms with E-state index >= 15 is 0 Å². The highest BCUT2D eigenvalue weighted by Crippen LogP contribution is 2.23. The van der Waals surface area contributed by atoms with E-state index in [4.69, 9.17) is 9.84 Å². The minimum absolute atomic E-state index is 0.231. The van der Waals surface area contributed by atoms with E-state index in [1.54, 1.807) is 0 Å². The number of ether oxygens (including phenoxy) is 1. The highest BCUT2D eigenvalue weighted by Gasteiger charge is 2.20. The van der Waals surface area contributed by atoms with Gasteiger partial charge in [0, 0.05) is 6.07 Å². The normalized spacial score (nSPS) is 11.2. The van der Waals surface area contributed by atoms with Gasteiger partial charge in [0.05, 0.1) is 35.1 Å². The summed E-state index contributed by atoms with van der Waals surface area (Å²) < 4.78 is 60.7. The van der Waals surface area contributed by atoms with Gasteiger partial charge >= 0.3 is 5.97 Å². The molecule has 2 aromatic carbocycles. The van der Waals surface area contributed by atoms with Crippen LogP contribution >= 0.6 is 0 Å². The summed E-state index contributed by atoms with van der Waals surface area (Å²) in [5.74, 6) is -3.91. The number of anilines is 1. The Morgan fingerprint density at radius 3 is 2.43 bits per heavy atom. The summed E-state index contributed by atoms with van der Waals surface area (Å²) in [5, 5.41) is 16.3. The minimum atomic E-state index is -4.26. The van der Waals surface area contributed by atoms with E-state index in [2.05, 4.69) is 10.3 Å². The predicted molar refractivity (Wildman–Crippen MR) is 92.0 cm³/mol. The first kappa shape index (κ1) is 19.2. The zero-order valence-corrected chi connectivity index (χ0v) is 14.9. The van der Waals surface area contributed by atoms with Gasteiger partial charge in [0.15, 0.2) is 0 Å². The number of aromatic nitrogens is 3. The molecule has 0 unspecified atom stereocenters. The maximum Gasteiger partial charge on any atom is 0.338 e. The molecule has 12 heteroatoms. The van der Waals surface area contributed by atoms with Crippen LogP contribution in [-0.2, 0) is 10.0 Å². The van der Waals surface area contributed by atoms with Gasteiger partial charge < -0.3 is 9.84 Å². The molecule has 28 heavy (non-hydrogen) atoms. The summed E-state index contributed by atoms with van der Waals surface area (Å²) in [6, 6.07) is 6.17. The second kappa shape index (κ2) is 7.23. The molecule has 3 aromatic rings. The lowest BCUT2D eigenvalue weighted by Crippen LogP contribution is -2.15. The van der Waals surface area contributed by atoms with Crippen LogP contribution < -0.4 is 9.46 Å². The third-order valence-electron chi connectivity index (χ3n) is 3.62. The van der Waals surface area contributed by atoms with Crippen LogP contribution in [0.4, 0.5) is 14.5 Å². The summed E-state index contributed by atoms with van der Waals surface area (Å²) >= 11 is 0. The Morgan fingerprint density at radius 1 is 1.18 bits per heavy atom. The van der Waals surface area contributed by atoms with Crippen LogP contribution in [0.3, 0.4) is 0 Å². The first-order valence-electron chi connectivity index (χ1n) is 7.53. The quantitative estimate of drug-likeness (QED) is 0.637. The van der Waals surface area contributed by atoms with E-state index < -0.39 is 38.9 Å². The van der Waals surface area contributed by atoms with E-state index in [-0.39, 0.29) is 10.8 Å². The molecule has 9 nitrogen and oxygen atoms in total. The fraction of sp³-hybridized carbons (Fsp3) is 0.0625. The van der Waals surface area contributed by atoms with Gasteiger partial charge in [-0.25, -0.2) is 26.7 Å². The Hall–Kier alpha value is -3.54. The fourth-order valence-corrected chi connectivity index (χ4v) is 3.30. The van der Waals surface area contributed by atoms with Crippen molar-refractivity contribution in [3.63, 3.8) is 0 Å². The van der Waals surface area contributed by atoms with Crippen LogP contribution in [0.15, 0.2) is 47.5 Å². The summed E-state index contributed by atoms with van der Waals surface area (Å²) in [6.07, 6.45) is 1.48. The standard InChI is InChI=1S/C16H12F2N4O5S/c1-27-15-8-22(21-19-15)9-2-4-10(5-3-9)28(25,26)20-14-7-12(17)11(16(23)24)6-13(14)18/h2-8,20H,1H3,(H,23,24). The molecule has 0 aliphatic carbocycles. The maximum atomic E-state index is 14.0. The first-order valence-corrected chi connectivity index (χ1v) is 9.01. The molecule has 0 radical (unpaired) electrons. The predicted octanol–water partition coefficient (Wildman–Crippen LogP) is 2.05. The van der Waals surface area contributed by atoms with Crippen molar-refractivity contribution < 1.29 is 31.8 Å². The van der Waals surface area contributed by atoms with Gasteiger partial charge in [0.1, 0.15) is 11.6 Å². The molecule has 146 valence electrons. The molecule has 0 saturated carbocycles. The molecule has 3 rings (SSSR count). The van der Waals surface area contributed by atoms with Gasteiger partial charge in [-0.1, -0.05) is 10.3 Å². The minimum Gasteiger partial charge on any atom is -0.479 e. The zero-order chi connectivity index (χ0) is 20.5. The Morgan fingerprint density at radius 2 is 1.86 bits per heavy atom. The van der Waals surface area contributed by atoms with Crippen LogP contribution in [0.25, 0.3) is 5.69 Å². The Balaban J connectivity index is 1.87. The molecule has 0 amide bonds. The molecular weight excluding hydrogens is 398 g/mol. The van der Waals surface area contributed by atoms with Gasteiger partial charge in [-0.3, -0.25) is 4.72 Å². The van der Waals surface area contributed by atoms with Crippen LogP contribution in [0.2, 0.25) is 0 Å². The molecule has 1 aromatic heterocycles. The molecule has 0 fully saturated rings. The number of carboxylic acids is 1. The lowest BCUT2D eigenvalue weighted by Gasteiger charge is -2.10. The van der Waals surface area contributed by atoms with E-state index in [0.29, 0.717) is 17.8 Å². The number of halogens is 2. The largest absolute Gasteiger partial charge is 0.479 e. The van der Waals surface area contributed by atoms with E-state index in [1.165, 1.54) is 42.3 Å². The second-order valence-corrected chi connectivity index (χ2v) is 7.10. The smallest absolute Gasteiger partial charge is 0.338 e. The summed E-state index contributed by atoms with van der Waals surface area (Å²) in [4.78, 5) is 10.6. The molecular formula is C16H12F2N4O5S. The molecule has 0 bridgehead atoms. The van der Waals surface area contributed by atoms with Crippen molar-refractivity contribution in [2.45, 2.75) is 4.90 Å². The van der Waals surface area contributed by atoms with Crippen molar-refractivity contribution in [1.29, 1.82) is 0 Å². The fourth-order valence-electron chi connectivity index (χ4n) is 2.24. The molecule has 0 aliphatic heterocycles. The third-order valence-corrected chi connectivity index (χ3v) is 5.01. The molecule has 0 atom stereocenters. The Labute approximate surface area is 157 Å². The highest BCUT2D eigenvalue weighted by molar-refractivity contribution is 7.92. The van der Waals surface area contributed by atoms with E-state index in [1.807, 2.05) is 4.72 Å². The topological polar surface area (TPSA) is 123 Å². The van der Waals surface area contributed by atoms with Crippen molar-refractivity contribution >= 4 is 21.7 Å². The van der Waals surface area contributed by atoms with Gasteiger partial charge in [0.25, 0.3) is 15.9 Å². The Kier molecular flexibility index (Phi) is 4.96. The van der Waals surface area contributed by atoms with Crippen molar-refractivity contribution in [3.8, 4) is 11.6 Å². The van der Waals surface area contributed by atoms with Crippen molar-refractivity contribution in [1.82, 2.24) is 15.0 Å². The number of carbonyl (C=O) groups is 1. The number of sulfonamides is 1. The van der Waals surface area contributed by atoms with Gasteiger partial charge in [-0.05, 0) is 30.3 Å². The lowest BCUT2D eigenvalue weighted by molar-refractivity contribution is 0.0691. The molecule has 2 N–H and O–H groups in total. The lowest BCUT2D eigenvalue weighted by atomic mass is 10.2. The van der Waals surface area contributed by atoms with E-state index in [9.17, 15) is 22.0 Å².